The average Bonchev–Trinajstić information content (AvgIpc) is 2.87. The fraction of sp³-hybridized carbons (Fsp3) is 0.333. The van der Waals surface area contributed by atoms with Gasteiger partial charge in [-0.3, -0.25) is 0 Å². The number of hydrogen-bond donors (Lipinski definition) is 0. The van der Waals surface area contributed by atoms with Crippen molar-refractivity contribution in [3.05, 3.63) is 59.8 Å². The number of ether oxygens (including phenoxy) is 2. The Hall–Kier alpha value is -2.46. The highest BCUT2D eigenvalue weighted by Crippen LogP contribution is 2.35. The van der Waals surface area contributed by atoms with Crippen LogP contribution in [0.3, 0.4) is 0 Å². The highest BCUT2D eigenvalue weighted by Gasteiger charge is 2.16. The minimum absolute atomic E-state index is 0.662. The van der Waals surface area contributed by atoms with Crippen LogP contribution in [0.25, 0.3) is 10.9 Å². The number of rotatable bonds is 7. The van der Waals surface area contributed by atoms with E-state index < -0.39 is 0 Å². The molecule has 132 valence electrons. The van der Waals surface area contributed by atoms with E-state index in [1.54, 1.807) is 7.11 Å². The summed E-state index contributed by atoms with van der Waals surface area (Å²) in [6.07, 6.45) is 0. The number of fused-ring (bicyclic) bond motifs is 1. The highest BCUT2D eigenvalue weighted by atomic mass is 16.5. The molecule has 1 aromatic heterocycles. The predicted octanol–water partition coefficient (Wildman–Crippen LogP) is 3.95. The lowest BCUT2D eigenvalue weighted by atomic mass is 10.2. The first-order valence-electron chi connectivity index (χ1n) is 8.58. The maximum absolute atomic E-state index is 6.16. The molecular weight excluding hydrogens is 312 g/mol. The second-order valence-electron chi connectivity index (χ2n) is 6.52. The first kappa shape index (κ1) is 17.4. The van der Waals surface area contributed by atoms with Gasteiger partial charge in [-0.2, -0.15) is 0 Å². The van der Waals surface area contributed by atoms with Crippen molar-refractivity contribution >= 4 is 10.9 Å². The summed E-state index contributed by atoms with van der Waals surface area (Å²) in [6.45, 7) is 4.50. The van der Waals surface area contributed by atoms with Crippen molar-refractivity contribution in [3.63, 3.8) is 0 Å². The van der Waals surface area contributed by atoms with Crippen molar-refractivity contribution in [2.24, 2.45) is 0 Å². The topological polar surface area (TPSA) is 26.6 Å². The number of nitrogens with zero attached hydrogens (tertiary/aromatic N) is 2. The van der Waals surface area contributed by atoms with Crippen molar-refractivity contribution in [2.45, 2.75) is 13.5 Å². The van der Waals surface area contributed by atoms with Crippen LogP contribution in [0, 0.1) is 6.92 Å². The molecule has 0 spiro atoms. The number of hydrogen-bond acceptors (Lipinski definition) is 3. The van der Waals surface area contributed by atoms with E-state index in [-0.39, 0.29) is 0 Å². The second-order valence-corrected chi connectivity index (χ2v) is 6.52. The van der Waals surface area contributed by atoms with E-state index in [1.807, 2.05) is 12.1 Å². The Morgan fingerprint density at radius 1 is 1.04 bits per heavy atom. The molecule has 0 aliphatic heterocycles. The van der Waals surface area contributed by atoms with Gasteiger partial charge in [0.25, 0.3) is 0 Å². The van der Waals surface area contributed by atoms with Gasteiger partial charge in [0.1, 0.15) is 18.1 Å². The third kappa shape index (κ3) is 3.80. The predicted molar refractivity (Wildman–Crippen MR) is 103 cm³/mol. The van der Waals surface area contributed by atoms with Gasteiger partial charge in [0, 0.05) is 18.5 Å². The van der Waals surface area contributed by atoms with Crippen LogP contribution in [-0.4, -0.2) is 43.8 Å². The molecule has 25 heavy (non-hydrogen) atoms. The molecule has 3 rings (SSSR count). The average molecular weight is 338 g/mol. The van der Waals surface area contributed by atoms with E-state index in [1.165, 1.54) is 11.1 Å². The molecule has 0 radical (unpaired) electrons. The van der Waals surface area contributed by atoms with Gasteiger partial charge in [-0.15, -0.1) is 0 Å². The van der Waals surface area contributed by atoms with E-state index in [4.69, 9.17) is 9.47 Å². The normalized spacial score (nSPS) is 11.2. The third-order valence-electron chi connectivity index (χ3n) is 4.44. The van der Waals surface area contributed by atoms with E-state index in [0.717, 1.165) is 35.7 Å². The maximum atomic E-state index is 6.16. The summed E-state index contributed by atoms with van der Waals surface area (Å²) in [5.74, 6) is 1.80. The number of likely N-dealkylation sites (N-methyl/N-ethyl adjacent to an activating group) is 1. The minimum atomic E-state index is 0.662. The van der Waals surface area contributed by atoms with Crippen LogP contribution < -0.4 is 9.47 Å². The Balaban J connectivity index is 2.02. The Morgan fingerprint density at radius 2 is 1.80 bits per heavy atom. The smallest absolute Gasteiger partial charge is 0.147 e. The molecular formula is C21H26N2O2. The summed E-state index contributed by atoms with van der Waals surface area (Å²) in [7, 11) is 5.80. The zero-order valence-corrected chi connectivity index (χ0v) is 15.5. The SMILES string of the molecule is COc1ccc2c(c1)c(OCCN(C)C)c(C)n2Cc1ccccc1. The van der Waals surface area contributed by atoms with Crippen molar-refractivity contribution in [1.29, 1.82) is 0 Å². The number of benzene rings is 2. The van der Waals surface area contributed by atoms with Crippen LogP contribution in [0.4, 0.5) is 0 Å². The van der Waals surface area contributed by atoms with Crippen LogP contribution in [-0.2, 0) is 6.54 Å². The Kier molecular flexibility index (Phi) is 5.29. The van der Waals surface area contributed by atoms with Crippen LogP contribution in [0.2, 0.25) is 0 Å². The molecule has 0 aliphatic carbocycles. The van der Waals surface area contributed by atoms with Gasteiger partial charge in [0.05, 0.1) is 18.3 Å². The second kappa shape index (κ2) is 7.62. The van der Waals surface area contributed by atoms with Crippen LogP contribution in [0.15, 0.2) is 48.5 Å². The fourth-order valence-corrected chi connectivity index (χ4v) is 3.04. The summed E-state index contributed by atoms with van der Waals surface area (Å²) in [5, 5.41) is 1.10. The first-order valence-corrected chi connectivity index (χ1v) is 8.58. The van der Waals surface area contributed by atoms with E-state index >= 15 is 0 Å². The lowest BCUT2D eigenvalue weighted by Gasteiger charge is -2.12. The molecule has 4 nitrogen and oxygen atoms in total. The van der Waals surface area contributed by atoms with E-state index in [9.17, 15) is 0 Å². The van der Waals surface area contributed by atoms with Gasteiger partial charge in [-0.25, -0.2) is 0 Å². The molecule has 1 heterocycles. The van der Waals surface area contributed by atoms with Gasteiger partial charge in [0.2, 0.25) is 0 Å². The molecule has 4 heteroatoms. The van der Waals surface area contributed by atoms with E-state index in [0.29, 0.717) is 6.61 Å². The summed E-state index contributed by atoms with van der Waals surface area (Å²) in [4.78, 5) is 2.12. The molecule has 0 bridgehead atoms. The van der Waals surface area contributed by atoms with Crippen molar-refractivity contribution in [1.82, 2.24) is 9.47 Å². The quantitative estimate of drug-likeness (QED) is 0.653. The summed E-state index contributed by atoms with van der Waals surface area (Å²) >= 11 is 0. The highest BCUT2D eigenvalue weighted by molar-refractivity contribution is 5.90. The molecule has 2 aromatic carbocycles. The fourth-order valence-electron chi connectivity index (χ4n) is 3.04. The van der Waals surface area contributed by atoms with Gasteiger partial charge in [-0.1, -0.05) is 30.3 Å². The molecule has 3 aromatic rings. The van der Waals surface area contributed by atoms with Gasteiger partial charge in [-0.05, 0) is 44.8 Å². The molecule has 0 unspecified atom stereocenters. The molecule has 0 saturated heterocycles. The summed E-state index contributed by atoms with van der Waals surface area (Å²) in [6, 6.07) is 16.7. The molecule has 0 aliphatic rings. The lowest BCUT2D eigenvalue weighted by Crippen LogP contribution is -2.19. The zero-order valence-electron chi connectivity index (χ0n) is 15.5. The van der Waals surface area contributed by atoms with Crippen LogP contribution in [0.1, 0.15) is 11.3 Å². The molecule has 0 saturated carbocycles. The molecule has 0 N–H and O–H groups in total. The third-order valence-corrected chi connectivity index (χ3v) is 4.44. The zero-order chi connectivity index (χ0) is 17.8. The molecule has 0 amide bonds. The number of methoxy groups -OCH3 is 1. The van der Waals surface area contributed by atoms with E-state index in [2.05, 4.69) is 66.9 Å². The lowest BCUT2D eigenvalue weighted by molar-refractivity contribution is 0.262. The Morgan fingerprint density at radius 3 is 2.48 bits per heavy atom. The largest absolute Gasteiger partial charge is 0.497 e. The Labute approximate surface area is 149 Å². The van der Waals surface area contributed by atoms with Crippen molar-refractivity contribution < 1.29 is 9.47 Å². The monoisotopic (exact) mass is 338 g/mol. The van der Waals surface area contributed by atoms with Gasteiger partial charge < -0.3 is 18.9 Å². The molecule has 0 atom stereocenters. The number of aromatic nitrogens is 1. The Bertz CT molecular complexity index is 838. The first-order chi connectivity index (χ1) is 12.1. The standard InChI is InChI=1S/C21H26N2O2/c1-16-21(25-13-12-22(2)3)19-14-18(24-4)10-11-20(19)23(16)15-17-8-6-5-7-9-17/h5-11,14H,12-13,15H2,1-4H3. The van der Waals surface area contributed by atoms with Gasteiger partial charge in [0.15, 0.2) is 0 Å². The summed E-state index contributed by atoms with van der Waals surface area (Å²) < 4.78 is 13.9. The van der Waals surface area contributed by atoms with Crippen LogP contribution >= 0.6 is 0 Å². The van der Waals surface area contributed by atoms with Crippen molar-refractivity contribution in [2.75, 3.05) is 34.4 Å². The van der Waals surface area contributed by atoms with Crippen molar-refractivity contribution in [3.8, 4) is 11.5 Å². The van der Waals surface area contributed by atoms with Crippen LogP contribution in [0.5, 0.6) is 11.5 Å². The van der Waals surface area contributed by atoms with Gasteiger partial charge >= 0.3 is 0 Å². The minimum Gasteiger partial charge on any atom is -0.497 e. The molecule has 0 fully saturated rings. The summed E-state index contributed by atoms with van der Waals surface area (Å²) in [5.41, 5.74) is 3.59. The maximum Gasteiger partial charge on any atom is 0.147 e.